The Labute approximate surface area is 87.9 Å². The molecule has 14 heavy (non-hydrogen) atoms. The highest BCUT2D eigenvalue weighted by atomic mass is 15.3. The van der Waals surface area contributed by atoms with E-state index in [1.807, 2.05) is 6.92 Å². The number of hydrogen-bond acceptors (Lipinski definition) is 2. The zero-order valence-corrected chi connectivity index (χ0v) is 9.55. The van der Waals surface area contributed by atoms with Gasteiger partial charge >= 0.3 is 0 Å². The molecule has 1 heterocycles. The highest BCUT2D eigenvalue weighted by Gasteiger charge is 2.47. The Hall–Kier alpha value is -0.550. The minimum atomic E-state index is -0.108. The molecule has 1 saturated heterocycles. The van der Waals surface area contributed by atoms with E-state index in [0.29, 0.717) is 0 Å². The number of nitrogens with zero attached hydrogens (tertiary/aromatic N) is 2. The summed E-state index contributed by atoms with van der Waals surface area (Å²) in [6.07, 6.45) is 8.04. The van der Waals surface area contributed by atoms with E-state index < -0.39 is 0 Å². The largest absolute Gasteiger partial charge is 0.282 e. The molecule has 0 bridgehead atoms. The van der Waals surface area contributed by atoms with E-state index in [9.17, 15) is 0 Å². The highest BCUT2D eigenvalue weighted by Crippen LogP contribution is 2.30. The van der Waals surface area contributed by atoms with Crippen LogP contribution in [0.15, 0.2) is 0 Å². The zero-order valence-electron chi connectivity index (χ0n) is 9.55. The van der Waals surface area contributed by atoms with Crippen molar-refractivity contribution in [1.29, 1.82) is 5.26 Å². The quantitative estimate of drug-likeness (QED) is 0.460. The van der Waals surface area contributed by atoms with Crippen LogP contribution in [0.5, 0.6) is 0 Å². The lowest BCUT2D eigenvalue weighted by molar-refractivity contribution is 0.447. The van der Waals surface area contributed by atoms with Crippen LogP contribution in [0.4, 0.5) is 0 Å². The van der Waals surface area contributed by atoms with Crippen LogP contribution in [0.1, 0.15) is 52.4 Å². The second-order valence-corrected chi connectivity index (χ2v) is 4.57. The van der Waals surface area contributed by atoms with Crippen molar-refractivity contribution in [2.75, 3.05) is 13.1 Å². The second kappa shape index (κ2) is 5.36. The lowest BCUT2D eigenvalue weighted by Crippen LogP contribution is -2.12. The van der Waals surface area contributed by atoms with Gasteiger partial charge in [0.05, 0.1) is 6.07 Å². The molecule has 0 N–H and O–H groups in total. The van der Waals surface area contributed by atoms with Crippen LogP contribution >= 0.6 is 0 Å². The van der Waals surface area contributed by atoms with Gasteiger partial charge in [-0.1, -0.05) is 39.0 Å². The fraction of sp³-hybridized carbons (Fsp3) is 0.917. The number of hydrogen-bond donors (Lipinski definition) is 0. The Morgan fingerprint density at radius 2 is 1.86 bits per heavy atom. The Balaban J connectivity index is 1.89. The minimum absolute atomic E-state index is 0.108. The first-order valence-electron chi connectivity index (χ1n) is 5.89. The fourth-order valence-electron chi connectivity index (χ4n) is 1.85. The van der Waals surface area contributed by atoms with Gasteiger partial charge in [-0.05, 0) is 19.9 Å². The summed E-state index contributed by atoms with van der Waals surface area (Å²) in [5.41, 5.74) is -0.108. The van der Waals surface area contributed by atoms with Crippen LogP contribution in [0.25, 0.3) is 0 Å². The van der Waals surface area contributed by atoms with Gasteiger partial charge in [0, 0.05) is 6.54 Å². The molecular weight excluding hydrogens is 172 g/mol. The Morgan fingerprint density at radius 3 is 2.43 bits per heavy atom. The molecule has 0 spiro atoms. The first-order chi connectivity index (χ1) is 6.73. The van der Waals surface area contributed by atoms with Gasteiger partial charge in [0.1, 0.15) is 5.54 Å². The second-order valence-electron chi connectivity index (χ2n) is 4.57. The molecule has 1 rings (SSSR count). The van der Waals surface area contributed by atoms with Crippen LogP contribution in [-0.4, -0.2) is 23.5 Å². The van der Waals surface area contributed by atoms with Gasteiger partial charge < -0.3 is 0 Å². The highest BCUT2D eigenvalue weighted by molar-refractivity contribution is 5.18. The third-order valence-corrected chi connectivity index (χ3v) is 3.12. The molecule has 0 aromatic rings. The molecule has 1 aliphatic heterocycles. The Bertz CT molecular complexity index is 207. The van der Waals surface area contributed by atoms with Crippen molar-refractivity contribution in [2.45, 2.75) is 57.9 Å². The van der Waals surface area contributed by atoms with Crippen LogP contribution in [-0.2, 0) is 0 Å². The maximum Gasteiger partial charge on any atom is 0.119 e. The number of nitriles is 1. The maximum absolute atomic E-state index is 8.82. The number of rotatable bonds is 7. The van der Waals surface area contributed by atoms with Crippen molar-refractivity contribution < 1.29 is 0 Å². The van der Waals surface area contributed by atoms with Crippen molar-refractivity contribution in [3.8, 4) is 6.07 Å². The average Bonchev–Trinajstić information content (AvgIpc) is 2.84. The summed E-state index contributed by atoms with van der Waals surface area (Å²) in [7, 11) is 0. The zero-order chi connectivity index (χ0) is 10.4. The van der Waals surface area contributed by atoms with Crippen molar-refractivity contribution in [2.24, 2.45) is 0 Å². The maximum atomic E-state index is 8.82. The predicted octanol–water partition coefficient (Wildman–Crippen LogP) is 2.94. The number of unbranched alkanes of at least 4 members (excludes halogenated alkanes) is 5. The first kappa shape index (κ1) is 11.5. The van der Waals surface area contributed by atoms with E-state index in [-0.39, 0.29) is 5.54 Å². The molecule has 0 radical (unpaired) electrons. The van der Waals surface area contributed by atoms with Crippen molar-refractivity contribution in [3.05, 3.63) is 0 Å². The van der Waals surface area contributed by atoms with Crippen LogP contribution in [0.2, 0.25) is 0 Å². The molecule has 0 saturated carbocycles. The summed E-state index contributed by atoms with van der Waals surface area (Å²) in [6, 6.07) is 2.35. The van der Waals surface area contributed by atoms with Gasteiger partial charge in [0.25, 0.3) is 0 Å². The van der Waals surface area contributed by atoms with Crippen LogP contribution < -0.4 is 0 Å². The molecule has 1 aliphatic rings. The smallest absolute Gasteiger partial charge is 0.119 e. The standard InChI is InChI=1S/C12H22N2/c1-3-4-5-6-7-8-9-14-11-12(14,2)10-13/h3-9,11H2,1-2H3. The summed E-state index contributed by atoms with van der Waals surface area (Å²) in [5.74, 6) is 0. The SMILES string of the molecule is CCCCCCCCN1CC1(C)C#N. The molecule has 2 heteroatoms. The van der Waals surface area contributed by atoms with Gasteiger partial charge in [0.15, 0.2) is 0 Å². The average molecular weight is 194 g/mol. The molecule has 0 amide bonds. The lowest BCUT2D eigenvalue weighted by Gasteiger charge is -2.04. The molecule has 80 valence electrons. The Morgan fingerprint density at radius 1 is 1.21 bits per heavy atom. The summed E-state index contributed by atoms with van der Waals surface area (Å²) in [4.78, 5) is 2.27. The Kier molecular flexibility index (Phi) is 4.41. The lowest BCUT2D eigenvalue weighted by atomic mass is 10.1. The van der Waals surface area contributed by atoms with E-state index in [1.54, 1.807) is 0 Å². The fourth-order valence-corrected chi connectivity index (χ4v) is 1.85. The van der Waals surface area contributed by atoms with Crippen molar-refractivity contribution >= 4 is 0 Å². The van der Waals surface area contributed by atoms with Gasteiger partial charge in [0.2, 0.25) is 0 Å². The topological polar surface area (TPSA) is 26.8 Å². The molecular formula is C12H22N2. The minimum Gasteiger partial charge on any atom is -0.282 e. The molecule has 2 unspecified atom stereocenters. The normalized spacial score (nSPS) is 29.9. The summed E-state index contributed by atoms with van der Waals surface area (Å²) < 4.78 is 0. The summed E-state index contributed by atoms with van der Waals surface area (Å²) in [5, 5.41) is 8.82. The summed E-state index contributed by atoms with van der Waals surface area (Å²) >= 11 is 0. The van der Waals surface area contributed by atoms with Gasteiger partial charge in [-0.3, -0.25) is 4.90 Å². The van der Waals surface area contributed by atoms with E-state index in [1.165, 1.54) is 38.5 Å². The molecule has 2 nitrogen and oxygen atoms in total. The third kappa shape index (κ3) is 3.31. The van der Waals surface area contributed by atoms with E-state index in [0.717, 1.165) is 13.1 Å². The van der Waals surface area contributed by atoms with E-state index >= 15 is 0 Å². The van der Waals surface area contributed by atoms with Gasteiger partial charge in [-0.15, -0.1) is 0 Å². The van der Waals surface area contributed by atoms with Gasteiger partial charge in [-0.25, -0.2) is 0 Å². The molecule has 1 fully saturated rings. The third-order valence-electron chi connectivity index (χ3n) is 3.12. The van der Waals surface area contributed by atoms with Crippen LogP contribution in [0, 0.1) is 11.3 Å². The van der Waals surface area contributed by atoms with Crippen molar-refractivity contribution in [1.82, 2.24) is 4.90 Å². The first-order valence-corrected chi connectivity index (χ1v) is 5.89. The molecule has 2 atom stereocenters. The van der Waals surface area contributed by atoms with E-state index in [4.69, 9.17) is 5.26 Å². The molecule has 0 aromatic carbocycles. The predicted molar refractivity (Wildman–Crippen MR) is 59.0 cm³/mol. The van der Waals surface area contributed by atoms with Gasteiger partial charge in [-0.2, -0.15) is 5.26 Å². The molecule has 0 aromatic heterocycles. The monoisotopic (exact) mass is 194 g/mol. The van der Waals surface area contributed by atoms with Crippen LogP contribution in [0.3, 0.4) is 0 Å². The van der Waals surface area contributed by atoms with E-state index in [2.05, 4.69) is 17.9 Å². The summed E-state index contributed by atoms with van der Waals surface area (Å²) in [6.45, 7) is 6.38. The van der Waals surface area contributed by atoms with Crippen molar-refractivity contribution in [3.63, 3.8) is 0 Å². The molecule has 0 aliphatic carbocycles.